The number of tetrazole rings is 1. The molecule has 2 aromatic rings. The highest BCUT2D eigenvalue weighted by molar-refractivity contribution is 7.91. The number of benzene rings is 1. The SMILES string of the molecule is CN(C)N(C(=O)c1ccccc1-n1cnnn1)C1CCS(=O)(=O)C1. The van der Waals surface area contributed by atoms with Crippen LogP contribution in [-0.4, -0.2) is 76.2 Å². The summed E-state index contributed by atoms with van der Waals surface area (Å²) in [5.74, 6) is -0.207. The maximum Gasteiger partial charge on any atom is 0.270 e. The molecule has 0 spiro atoms. The Morgan fingerprint density at radius 2 is 2.04 bits per heavy atom. The van der Waals surface area contributed by atoms with Crippen molar-refractivity contribution in [2.45, 2.75) is 12.5 Å². The van der Waals surface area contributed by atoms with E-state index in [9.17, 15) is 13.2 Å². The van der Waals surface area contributed by atoms with Crippen molar-refractivity contribution in [3.05, 3.63) is 36.2 Å². The third-order valence-corrected chi connectivity index (χ3v) is 5.67. The highest BCUT2D eigenvalue weighted by Crippen LogP contribution is 2.23. The van der Waals surface area contributed by atoms with Gasteiger partial charge in [-0.1, -0.05) is 12.1 Å². The number of hydrazine groups is 1. The first-order chi connectivity index (χ1) is 11.4. The first-order valence-corrected chi connectivity index (χ1v) is 9.25. The number of sulfone groups is 1. The van der Waals surface area contributed by atoms with Crippen molar-refractivity contribution >= 4 is 15.7 Å². The predicted octanol–water partition coefficient (Wildman–Crippen LogP) is -0.232. The zero-order valence-corrected chi connectivity index (χ0v) is 14.2. The number of aromatic nitrogens is 4. The first kappa shape index (κ1) is 16.5. The molecule has 9 nitrogen and oxygen atoms in total. The summed E-state index contributed by atoms with van der Waals surface area (Å²) in [7, 11) is 0.348. The molecule has 1 aliphatic heterocycles. The van der Waals surface area contributed by atoms with E-state index in [1.165, 1.54) is 16.0 Å². The number of carbonyl (C=O) groups is 1. The number of para-hydroxylation sites is 1. The number of amides is 1. The Kier molecular flexibility index (Phi) is 4.33. The third kappa shape index (κ3) is 3.15. The van der Waals surface area contributed by atoms with Crippen LogP contribution in [0.1, 0.15) is 16.8 Å². The molecule has 2 heterocycles. The topological polar surface area (TPSA) is 101 Å². The molecule has 1 unspecified atom stereocenters. The fraction of sp³-hybridized carbons (Fsp3) is 0.429. The Hall–Kier alpha value is -2.33. The fourth-order valence-electron chi connectivity index (χ4n) is 2.89. The molecule has 1 atom stereocenters. The van der Waals surface area contributed by atoms with E-state index in [4.69, 9.17) is 0 Å². The number of hydrogen-bond acceptors (Lipinski definition) is 7. The van der Waals surface area contributed by atoms with Crippen molar-refractivity contribution in [2.75, 3.05) is 25.6 Å². The van der Waals surface area contributed by atoms with Crippen molar-refractivity contribution in [1.29, 1.82) is 0 Å². The predicted molar refractivity (Wildman–Crippen MR) is 86.1 cm³/mol. The summed E-state index contributed by atoms with van der Waals surface area (Å²) in [6, 6.07) is 6.58. The average molecular weight is 350 g/mol. The van der Waals surface area contributed by atoms with Crippen LogP contribution in [0.4, 0.5) is 0 Å². The highest BCUT2D eigenvalue weighted by Gasteiger charge is 2.37. The van der Waals surface area contributed by atoms with Gasteiger partial charge in [0.1, 0.15) is 6.33 Å². The molecule has 24 heavy (non-hydrogen) atoms. The van der Waals surface area contributed by atoms with E-state index < -0.39 is 9.84 Å². The average Bonchev–Trinajstić information content (AvgIpc) is 3.17. The van der Waals surface area contributed by atoms with Crippen LogP contribution in [0.5, 0.6) is 0 Å². The van der Waals surface area contributed by atoms with Gasteiger partial charge in [-0.05, 0) is 29.0 Å². The molecule has 1 aromatic heterocycles. The summed E-state index contributed by atoms with van der Waals surface area (Å²) < 4.78 is 25.0. The van der Waals surface area contributed by atoms with E-state index >= 15 is 0 Å². The molecule has 1 aliphatic rings. The van der Waals surface area contributed by atoms with Gasteiger partial charge < -0.3 is 0 Å². The van der Waals surface area contributed by atoms with Gasteiger partial charge >= 0.3 is 0 Å². The molecular weight excluding hydrogens is 332 g/mol. The van der Waals surface area contributed by atoms with Gasteiger partial charge in [0.2, 0.25) is 0 Å². The second-order valence-electron chi connectivity index (χ2n) is 5.83. The minimum absolute atomic E-state index is 0.0238. The van der Waals surface area contributed by atoms with E-state index in [0.29, 0.717) is 17.7 Å². The van der Waals surface area contributed by atoms with E-state index in [1.54, 1.807) is 43.4 Å². The summed E-state index contributed by atoms with van der Waals surface area (Å²) >= 11 is 0. The summed E-state index contributed by atoms with van der Waals surface area (Å²) in [6.45, 7) is 0. The van der Waals surface area contributed by atoms with E-state index in [0.717, 1.165) is 0 Å². The van der Waals surface area contributed by atoms with Crippen molar-refractivity contribution < 1.29 is 13.2 Å². The van der Waals surface area contributed by atoms with Crippen LogP contribution in [-0.2, 0) is 9.84 Å². The molecule has 1 fully saturated rings. The summed E-state index contributed by atoms with van der Waals surface area (Å²) in [5.41, 5.74) is 0.947. The Balaban J connectivity index is 1.98. The van der Waals surface area contributed by atoms with Gasteiger partial charge in [0.05, 0.1) is 28.8 Å². The lowest BCUT2D eigenvalue weighted by atomic mass is 10.1. The largest absolute Gasteiger partial charge is 0.270 e. The molecule has 0 radical (unpaired) electrons. The summed E-state index contributed by atoms with van der Waals surface area (Å²) in [4.78, 5) is 13.1. The Bertz CT molecular complexity index is 834. The highest BCUT2D eigenvalue weighted by atomic mass is 32.2. The maximum absolute atomic E-state index is 13.1. The molecule has 10 heteroatoms. The smallest absolute Gasteiger partial charge is 0.268 e. The molecule has 1 amide bonds. The zero-order valence-electron chi connectivity index (χ0n) is 13.4. The van der Waals surface area contributed by atoms with Gasteiger partial charge in [-0.2, -0.15) is 4.68 Å². The van der Waals surface area contributed by atoms with Crippen molar-refractivity contribution in [2.24, 2.45) is 0 Å². The molecule has 1 aromatic carbocycles. The number of hydrogen-bond donors (Lipinski definition) is 0. The molecule has 0 N–H and O–H groups in total. The second kappa shape index (κ2) is 6.29. The normalized spacial score (nSPS) is 19.5. The second-order valence-corrected chi connectivity index (χ2v) is 8.05. The van der Waals surface area contributed by atoms with E-state index in [2.05, 4.69) is 15.5 Å². The van der Waals surface area contributed by atoms with Crippen LogP contribution in [0.2, 0.25) is 0 Å². The molecule has 3 rings (SSSR count). The van der Waals surface area contributed by atoms with Gasteiger partial charge in [-0.25, -0.2) is 13.4 Å². The Labute approximate surface area is 139 Å². The van der Waals surface area contributed by atoms with Crippen LogP contribution in [0.15, 0.2) is 30.6 Å². The lowest BCUT2D eigenvalue weighted by molar-refractivity contribution is 0.00101. The lowest BCUT2D eigenvalue weighted by Gasteiger charge is -2.34. The zero-order chi connectivity index (χ0) is 17.3. The van der Waals surface area contributed by atoms with Crippen LogP contribution in [0.25, 0.3) is 5.69 Å². The van der Waals surface area contributed by atoms with E-state index in [-0.39, 0.29) is 23.5 Å². The van der Waals surface area contributed by atoms with Crippen LogP contribution < -0.4 is 0 Å². The number of rotatable bonds is 4. The minimum atomic E-state index is -3.10. The maximum atomic E-state index is 13.1. The molecule has 128 valence electrons. The number of nitrogens with zero attached hydrogens (tertiary/aromatic N) is 6. The monoisotopic (exact) mass is 350 g/mol. The quantitative estimate of drug-likeness (QED) is 0.702. The molecular formula is C14H18N6O3S. The summed E-state index contributed by atoms with van der Waals surface area (Å²) in [5, 5.41) is 14.1. The van der Waals surface area contributed by atoms with Gasteiger partial charge in [0.15, 0.2) is 9.84 Å². The standard InChI is InChI=1S/C14H18N6O3S/c1-18(2)20(11-7-8-24(22,23)9-11)14(21)12-5-3-4-6-13(12)19-10-15-16-17-19/h3-6,10-11H,7-9H2,1-2H3. The third-order valence-electron chi connectivity index (χ3n) is 3.92. The lowest BCUT2D eigenvalue weighted by Crippen LogP contribution is -2.49. The fourth-order valence-corrected chi connectivity index (χ4v) is 4.58. The molecule has 0 saturated carbocycles. The van der Waals surface area contributed by atoms with Crippen LogP contribution >= 0.6 is 0 Å². The van der Waals surface area contributed by atoms with Gasteiger partial charge in [0, 0.05) is 14.1 Å². The van der Waals surface area contributed by atoms with E-state index in [1.807, 2.05) is 0 Å². The number of carbonyl (C=O) groups excluding carboxylic acids is 1. The van der Waals surface area contributed by atoms with Gasteiger partial charge in [-0.3, -0.25) is 9.80 Å². The molecule has 0 bridgehead atoms. The molecule has 1 saturated heterocycles. The Morgan fingerprint density at radius 1 is 1.29 bits per heavy atom. The van der Waals surface area contributed by atoms with Crippen molar-refractivity contribution in [3.8, 4) is 5.69 Å². The van der Waals surface area contributed by atoms with Gasteiger partial charge in [-0.15, -0.1) is 5.10 Å². The van der Waals surface area contributed by atoms with Crippen LogP contribution in [0.3, 0.4) is 0 Å². The van der Waals surface area contributed by atoms with Crippen molar-refractivity contribution in [1.82, 2.24) is 30.2 Å². The van der Waals surface area contributed by atoms with Gasteiger partial charge in [0.25, 0.3) is 5.91 Å². The molecule has 0 aliphatic carbocycles. The van der Waals surface area contributed by atoms with Crippen molar-refractivity contribution in [3.63, 3.8) is 0 Å². The summed E-state index contributed by atoms with van der Waals surface area (Å²) in [6.07, 6.45) is 1.84. The minimum Gasteiger partial charge on any atom is -0.268 e. The van der Waals surface area contributed by atoms with Crippen LogP contribution in [0, 0.1) is 0 Å². The first-order valence-electron chi connectivity index (χ1n) is 7.42. The Morgan fingerprint density at radius 3 is 2.62 bits per heavy atom.